The molecule has 1 aliphatic carbocycles. The molecule has 0 aromatic heterocycles. The van der Waals surface area contributed by atoms with Gasteiger partial charge in [-0.3, -0.25) is 0 Å². The van der Waals surface area contributed by atoms with E-state index in [1.54, 1.807) is 12.1 Å². The Balaban J connectivity index is 0.000000165. The van der Waals surface area contributed by atoms with Gasteiger partial charge in [0.05, 0.1) is 5.91 Å². The van der Waals surface area contributed by atoms with Crippen LogP contribution >= 0.6 is 17.0 Å². The van der Waals surface area contributed by atoms with E-state index < -0.39 is 26.8 Å². The van der Waals surface area contributed by atoms with Crippen LogP contribution in [0.15, 0.2) is 127 Å². The average molecular weight is 686 g/mol. The molecule has 1 aliphatic rings. The summed E-state index contributed by atoms with van der Waals surface area (Å²) < 4.78 is 0. The van der Waals surface area contributed by atoms with Gasteiger partial charge in [-0.05, 0) is 29.0 Å². The largest absolute Gasteiger partial charge is 0.179 e. The minimum atomic E-state index is -0.826. The van der Waals surface area contributed by atoms with Crippen molar-refractivity contribution in [3.8, 4) is 11.1 Å². The van der Waals surface area contributed by atoms with E-state index >= 15 is 0 Å². The number of carbonyl (C=O) groups excluding carboxylic acids is 1. The Morgan fingerprint density at radius 2 is 1.31 bits per heavy atom. The fourth-order valence-electron chi connectivity index (χ4n) is 4.33. The summed E-state index contributed by atoms with van der Waals surface area (Å²) in [5.74, 6) is -0.619. The molecule has 0 aliphatic heterocycles. The Hall–Kier alpha value is -2.75. The van der Waals surface area contributed by atoms with Crippen molar-refractivity contribution in [3.63, 3.8) is 0 Å². The molecule has 0 saturated heterocycles. The molecule has 6 heteroatoms. The Morgan fingerprint density at radius 3 is 1.88 bits per heavy atom. The van der Waals surface area contributed by atoms with E-state index in [0.717, 1.165) is 21.5 Å². The number of benzene rings is 5. The van der Waals surface area contributed by atoms with Gasteiger partial charge in [0.15, 0.2) is 0 Å². The van der Waals surface area contributed by atoms with Crippen LogP contribution in [0.25, 0.3) is 16.9 Å². The van der Waals surface area contributed by atoms with Crippen LogP contribution in [0.2, 0.25) is 0 Å². The average Bonchev–Trinajstić information content (AvgIpc) is 3.38. The molecule has 5 aromatic carbocycles. The number of carbonyl (C=O) groups is 1. The van der Waals surface area contributed by atoms with Crippen LogP contribution in [0.5, 0.6) is 0 Å². The topological polar surface area (TPSA) is 40.9 Å². The van der Waals surface area contributed by atoms with E-state index in [1.807, 2.05) is 18.2 Å². The molecule has 1 amide bonds. The van der Waals surface area contributed by atoms with E-state index in [1.165, 1.54) is 32.6 Å². The molecule has 2 nitrogen and oxygen atoms in total. The van der Waals surface area contributed by atoms with E-state index in [-0.39, 0.29) is 5.41 Å². The summed E-state index contributed by atoms with van der Waals surface area (Å²) >= 11 is -0.826. The van der Waals surface area contributed by atoms with Gasteiger partial charge in [-0.25, -0.2) is 0 Å². The summed E-state index contributed by atoms with van der Waals surface area (Å²) in [7, 11) is 10.6. The van der Waals surface area contributed by atoms with Gasteiger partial charge in [0, 0.05) is 0 Å². The second-order valence-electron chi connectivity index (χ2n) is 10.5. The van der Waals surface area contributed by atoms with Gasteiger partial charge in [-0.1, -0.05) is 145 Å². The summed E-state index contributed by atoms with van der Waals surface area (Å²) in [5, 5.41) is 2.79. The van der Waals surface area contributed by atoms with Crippen LogP contribution in [0.4, 0.5) is 0 Å². The van der Waals surface area contributed by atoms with Crippen LogP contribution in [-0.4, -0.2) is 15.4 Å². The molecule has 0 spiro atoms. The van der Waals surface area contributed by atoms with Crippen molar-refractivity contribution in [1.29, 1.82) is 0 Å². The van der Waals surface area contributed by atoms with Gasteiger partial charge in [0.2, 0.25) is 0 Å². The number of rotatable bonds is 3. The third-order valence-corrected chi connectivity index (χ3v) is 7.69. The van der Waals surface area contributed by atoms with Crippen molar-refractivity contribution in [1.82, 2.24) is 0 Å². The summed E-state index contributed by atoms with van der Waals surface area (Å²) in [4.78, 5) is 10.8. The molecule has 6 rings (SSSR count). The van der Waals surface area contributed by atoms with Crippen molar-refractivity contribution in [2.45, 2.75) is 32.6 Å². The molecule has 0 bridgehead atoms. The Morgan fingerprint density at radius 1 is 0.762 bits per heavy atom. The molecule has 5 aromatic rings. The summed E-state index contributed by atoms with van der Waals surface area (Å²) in [6.07, 6.45) is 1.05. The van der Waals surface area contributed by atoms with E-state index in [4.69, 9.17) is 22.8 Å². The first-order valence-electron chi connectivity index (χ1n) is 13.5. The zero-order chi connectivity index (χ0) is 30.4. The van der Waals surface area contributed by atoms with Crippen LogP contribution in [-0.2, 0) is 32.7 Å². The first-order chi connectivity index (χ1) is 20.2. The van der Waals surface area contributed by atoms with Crippen molar-refractivity contribution in [2.24, 2.45) is 0 Å². The summed E-state index contributed by atoms with van der Waals surface area (Å²) in [6.45, 7) is 6.25. The predicted molar refractivity (Wildman–Crippen MR) is 177 cm³/mol. The number of nitrogens with one attached hydrogen (secondary N) is 1. The van der Waals surface area contributed by atoms with Gasteiger partial charge in [-0.2, -0.15) is 29.8 Å². The number of halogens is 2. The number of hydrogen-bond acceptors (Lipinski definition) is 1. The van der Waals surface area contributed by atoms with Gasteiger partial charge in [-0.15, -0.1) is 5.56 Å². The van der Waals surface area contributed by atoms with Crippen LogP contribution in [0.3, 0.4) is 0 Å². The van der Waals surface area contributed by atoms with Gasteiger partial charge < -0.3 is 10.5 Å². The van der Waals surface area contributed by atoms with E-state index in [2.05, 4.69) is 124 Å². The summed E-state index contributed by atoms with van der Waals surface area (Å²) in [5.41, 5.74) is 14.1. The Labute approximate surface area is 271 Å². The van der Waals surface area contributed by atoms with Gasteiger partial charge in [0.1, 0.15) is 9.52 Å². The molecule has 0 atom stereocenters. The predicted octanol–water partition coefficient (Wildman–Crippen LogP) is 8.95. The maximum atomic E-state index is 10.8. The number of amides is 1. The number of fused-ring (bicyclic) bond motifs is 3. The van der Waals surface area contributed by atoms with E-state index in [0.29, 0.717) is 5.56 Å². The molecule has 2 radical (unpaired) electrons. The molecule has 0 saturated carbocycles. The third-order valence-electron chi connectivity index (χ3n) is 6.44. The second kappa shape index (κ2) is 17.4. The van der Waals surface area contributed by atoms with Crippen molar-refractivity contribution in [2.75, 3.05) is 0 Å². The molecular weight excluding hydrogens is 653 g/mol. The van der Waals surface area contributed by atoms with Crippen molar-refractivity contribution < 1.29 is 25.6 Å². The maximum absolute atomic E-state index is 10.8. The monoisotopic (exact) mass is 683 g/mol. The second-order valence-corrected chi connectivity index (χ2v) is 15.6. The smallest absolute Gasteiger partial charge is 0.121 e. The minimum absolute atomic E-state index is 0.0332. The Bertz CT molecular complexity index is 1460. The number of hydrogen-bond donors (Lipinski definition) is 0. The first kappa shape index (κ1) is 33.7. The van der Waals surface area contributed by atoms with Crippen LogP contribution < -0.4 is 10.4 Å². The summed E-state index contributed by atoms with van der Waals surface area (Å²) in [6, 6.07) is 46.5. The zero-order valence-corrected chi connectivity index (χ0v) is 29.0. The molecule has 210 valence electrons. The molecule has 0 heterocycles. The minimum Gasteiger partial charge on any atom is -0.179 e. The van der Waals surface area contributed by atoms with E-state index in [9.17, 15) is 4.79 Å². The molecular formula is C36H33Cl2NOSiZr. The Kier molecular flexibility index (Phi) is 14.0. The first-order valence-corrected chi connectivity index (χ1v) is 20.8. The van der Waals surface area contributed by atoms with Crippen molar-refractivity contribution in [3.05, 3.63) is 161 Å². The van der Waals surface area contributed by atoms with Crippen LogP contribution in [0, 0.1) is 6.07 Å². The molecule has 42 heavy (non-hydrogen) atoms. The fourth-order valence-corrected chi connectivity index (χ4v) is 5.39. The normalized spacial score (nSPS) is 10.6. The van der Waals surface area contributed by atoms with Crippen molar-refractivity contribution >= 4 is 42.8 Å². The third kappa shape index (κ3) is 10.8. The standard InChI is InChI=1S/C13H9.C12H10Si.C11H15NO.2ClH.Zr/c1-3-7-12-10(5-1)9-11-6-2-4-8-13(11)12;1-3-7-11(8-4-1)13-12-9-5-2-6-10-12;1-11(2,3)9-6-4-5-8(7-9)10(12)13;;;/h1-5,7-8H,9H2;1-10H;4-7H,1-3H3,(H2,12,13);2*1H;/q-1;;;;;+4/p-3. The molecule has 0 unspecified atom stereocenters. The molecule has 1 N–H and O–H groups in total. The van der Waals surface area contributed by atoms with Gasteiger partial charge in [0.25, 0.3) is 0 Å². The van der Waals surface area contributed by atoms with Gasteiger partial charge >= 0.3 is 37.9 Å². The maximum Gasteiger partial charge on any atom is 0.121 e. The fraction of sp³-hybridized carbons (Fsp3) is 0.139. The molecule has 0 fully saturated rings. The zero-order valence-electron chi connectivity index (χ0n) is 24.0. The SMILES string of the molecule is CC(C)(C)c1cccc(C([NH-])=O)c1.[Cl][Zr+2][Cl].[c-]1cccc2c1Cc1ccccc1-2.c1ccc([Si]c2ccccc2)cc1. The van der Waals surface area contributed by atoms with Crippen LogP contribution in [0.1, 0.15) is 47.8 Å². The quantitative estimate of drug-likeness (QED) is 0.136.